The molecule has 1 aromatic carbocycles. The molecule has 4 rings (SSSR count). The minimum absolute atomic E-state index is 0.0193. The summed E-state index contributed by atoms with van der Waals surface area (Å²) in [4.78, 5) is 25.9. The molecular weight excluding hydrogens is 282 g/mol. The Hall–Kier alpha value is -2.63. The standard InChI is InChI=1S/C16H15N3O3/c1-11-6-7-19(17-11)8-14(20)18-9-16(10-18)13-5-3-2-4-12(13)15(21)22-16/h2-7H,8-10H2,1H3. The van der Waals surface area contributed by atoms with Crippen molar-refractivity contribution in [3.05, 3.63) is 53.3 Å². The van der Waals surface area contributed by atoms with Crippen molar-refractivity contribution in [2.75, 3.05) is 13.1 Å². The highest BCUT2D eigenvalue weighted by Crippen LogP contribution is 2.43. The van der Waals surface area contributed by atoms with Crippen LogP contribution in [0.2, 0.25) is 0 Å². The topological polar surface area (TPSA) is 64.4 Å². The number of rotatable bonds is 2. The van der Waals surface area contributed by atoms with E-state index in [1.807, 2.05) is 31.2 Å². The Morgan fingerprint density at radius 2 is 2.09 bits per heavy atom. The molecule has 1 fully saturated rings. The number of amides is 1. The number of nitrogens with zero attached hydrogens (tertiary/aromatic N) is 3. The van der Waals surface area contributed by atoms with E-state index in [0.717, 1.165) is 11.3 Å². The molecule has 0 N–H and O–H groups in total. The third-order valence-electron chi connectivity index (χ3n) is 4.24. The van der Waals surface area contributed by atoms with Crippen LogP contribution in [0.25, 0.3) is 0 Å². The van der Waals surface area contributed by atoms with Crippen molar-refractivity contribution < 1.29 is 14.3 Å². The molecule has 1 amide bonds. The van der Waals surface area contributed by atoms with Crippen LogP contribution in [0.3, 0.4) is 0 Å². The number of aromatic nitrogens is 2. The lowest BCUT2D eigenvalue weighted by atomic mass is 9.85. The molecule has 3 heterocycles. The summed E-state index contributed by atoms with van der Waals surface area (Å²) in [5.74, 6) is -0.320. The SMILES string of the molecule is Cc1ccn(CC(=O)N2CC3(C2)OC(=O)c2ccccc23)n1. The number of hydrogen-bond donors (Lipinski definition) is 0. The predicted octanol–water partition coefficient (Wildman–Crippen LogP) is 1.10. The predicted molar refractivity (Wildman–Crippen MR) is 77.1 cm³/mol. The minimum atomic E-state index is -0.649. The van der Waals surface area contributed by atoms with Crippen molar-refractivity contribution in [2.24, 2.45) is 0 Å². The smallest absolute Gasteiger partial charge is 0.339 e. The maximum Gasteiger partial charge on any atom is 0.339 e. The molecule has 6 heteroatoms. The first-order valence-corrected chi connectivity index (χ1v) is 7.18. The summed E-state index contributed by atoms with van der Waals surface area (Å²) in [6.45, 7) is 2.91. The van der Waals surface area contributed by atoms with Crippen molar-refractivity contribution in [1.82, 2.24) is 14.7 Å². The highest BCUT2D eigenvalue weighted by Gasteiger charge is 2.55. The molecule has 0 unspecified atom stereocenters. The van der Waals surface area contributed by atoms with Crippen LogP contribution in [0.1, 0.15) is 21.6 Å². The van der Waals surface area contributed by atoms with Gasteiger partial charge in [0.25, 0.3) is 0 Å². The largest absolute Gasteiger partial charge is 0.447 e. The van der Waals surface area contributed by atoms with Crippen molar-refractivity contribution in [1.29, 1.82) is 0 Å². The first-order chi connectivity index (χ1) is 10.6. The van der Waals surface area contributed by atoms with Crippen LogP contribution < -0.4 is 0 Å². The van der Waals surface area contributed by atoms with Crippen molar-refractivity contribution >= 4 is 11.9 Å². The Morgan fingerprint density at radius 1 is 1.32 bits per heavy atom. The summed E-state index contributed by atoms with van der Waals surface area (Å²) in [7, 11) is 0. The van der Waals surface area contributed by atoms with Gasteiger partial charge in [0.15, 0.2) is 5.60 Å². The molecule has 0 aliphatic carbocycles. The van der Waals surface area contributed by atoms with Gasteiger partial charge in [-0.1, -0.05) is 18.2 Å². The quantitative estimate of drug-likeness (QED) is 0.779. The van der Waals surface area contributed by atoms with Crippen LogP contribution in [0.4, 0.5) is 0 Å². The number of hydrogen-bond acceptors (Lipinski definition) is 4. The summed E-state index contributed by atoms with van der Waals surface area (Å²) >= 11 is 0. The van der Waals surface area contributed by atoms with Gasteiger partial charge >= 0.3 is 5.97 Å². The van der Waals surface area contributed by atoms with E-state index in [9.17, 15) is 9.59 Å². The third kappa shape index (κ3) is 1.83. The second-order valence-corrected chi connectivity index (χ2v) is 5.83. The number of esters is 1. The van der Waals surface area contributed by atoms with Crippen LogP contribution in [-0.4, -0.2) is 39.6 Å². The number of benzene rings is 1. The first kappa shape index (κ1) is 13.1. The zero-order valence-electron chi connectivity index (χ0n) is 12.2. The second kappa shape index (κ2) is 4.43. The van der Waals surface area contributed by atoms with Gasteiger partial charge in [0.2, 0.25) is 5.91 Å². The lowest BCUT2D eigenvalue weighted by Crippen LogP contribution is -2.62. The number of aryl methyl sites for hydroxylation is 1. The molecule has 0 atom stereocenters. The molecule has 0 saturated carbocycles. The lowest BCUT2D eigenvalue weighted by molar-refractivity contribution is -0.156. The van der Waals surface area contributed by atoms with Gasteiger partial charge in [0.05, 0.1) is 24.3 Å². The van der Waals surface area contributed by atoms with Gasteiger partial charge in [-0.25, -0.2) is 4.79 Å². The van der Waals surface area contributed by atoms with E-state index < -0.39 is 5.60 Å². The van der Waals surface area contributed by atoms with Gasteiger partial charge in [-0.15, -0.1) is 0 Å². The van der Waals surface area contributed by atoms with Gasteiger partial charge in [0, 0.05) is 11.8 Å². The molecule has 22 heavy (non-hydrogen) atoms. The number of fused-ring (bicyclic) bond motifs is 2. The molecule has 1 spiro atoms. The molecule has 112 valence electrons. The molecule has 2 aromatic rings. The van der Waals surface area contributed by atoms with E-state index in [-0.39, 0.29) is 18.4 Å². The Labute approximate surface area is 127 Å². The van der Waals surface area contributed by atoms with Crippen molar-refractivity contribution in [2.45, 2.75) is 19.1 Å². The van der Waals surface area contributed by atoms with Gasteiger partial charge < -0.3 is 9.64 Å². The van der Waals surface area contributed by atoms with E-state index in [1.54, 1.807) is 21.8 Å². The van der Waals surface area contributed by atoms with Crippen LogP contribution in [0.15, 0.2) is 36.5 Å². The molecular formula is C16H15N3O3. The fourth-order valence-electron chi connectivity index (χ4n) is 3.12. The summed E-state index contributed by atoms with van der Waals surface area (Å²) in [6, 6.07) is 9.24. The maximum atomic E-state index is 12.3. The Kier molecular flexibility index (Phi) is 2.63. The fourth-order valence-corrected chi connectivity index (χ4v) is 3.12. The maximum absolute atomic E-state index is 12.3. The van der Waals surface area contributed by atoms with E-state index in [4.69, 9.17) is 4.74 Å². The van der Waals surface area contributed by atoms with Gasteiger partial charge in [0.1, 0.15) is 6.54 Å². The second-order valence-electron chi connectivity index (χ2n) is 5.83. The molecule has 2 aliphatic heterocycles. The highest BCUT2D eigenvalue weighted by molar-refractivity contribution is 5.95. The average molecular weight is 297 g/mol. The van der Waals surface area contributed by atoms with Crippen LogP contribution >= 0.6 is 0 Å². The van der Waals surface area contributed by atoms with Gasteiger partial charge in [-0.2, -0.15) is 5.10 Å². The molecule has 1 saturated heterocycles. The average Bonchev–Trinajstić information content (AvgIpc) is 2.99. The van der Waals surface area contributed by atoms with E-state index in [0.29, 0.717) is 18.7 Å². The summed E-state index contributed by atoms with van der Waals surface area (Å²) in [6.07, 6.45) is 1.79. The van der Waals surface area contributed by atoms with Crippen LogP contribution in [0.5, 0.6) is 0 Å². The van der Waals surface area contributed by atoms with E-state index in [2.05, 4.69) is 5.10 Å². The Morgan fingerprint density at radius 3 is 2.82 bits per heavy atom. The zero-order chi connectivity index (χ0) is 15.3. The van der Waals surface area contributed by atoms with Gasteiger partial charge in [-0.3, -0.25) is 9.48 Å². The molecule has 1 aromatic heterocycles. The zero-order valence-corrected chi connectivity index (χ0v) is 12.2. The number of carbonyl (C=O) groups excluding carboxylic acids is 2. The first-order valence-electron chi connectivity index (χ1n) is 7.18. The van der Waals surface area contributed by atoms with E-state index in [1.165, 1.54) is 0 Å². The molecule has 2 aliphatic rings. The third-order valence-corrected chi connectivity index (χ3v) is 4.24. The molecule has 6 nitrogen and oxygen atoms in total. The Bertz CT molecular complexity index is 774. The van der Waals surface area contributed by atoms with E-state index >= 15 is 0 Å². The van der Waals surface area contributed by atoms with Gasteiger partial charge in [-0.05, 0) is 19.1 Å². The molecule has 0 bridgehead atoms. The minimum Gasteiger partial charge on any atom is -0.447 e. The van der Waals surface area contributed by atoms with Crippen molar-refractivity contribution in [3.63, 3.8) is 0 Å². The lowest BCUT2D eigenvalue weighted by Gasteiger charge is -2.46. The fraction of sp³-hybridized carbons (Fsp3) is 0.312. The summed E-state index contributed by atoms with van der Waals surface area (Å²) < 4.78 is 7.16. The monoisotopic (exact) mass is 297 g/mol. The Balaban J connectivity index is 1.48. The highest BCUT2D eigenvalue weighted by atomic mass is 16.6. The normalized spacial score (nSPS) is 18.0. The number of likely N-dealkylation sites (tertiary alicyclic amines) is 1. The van der Waals surface area contributed by atoms with Crippen LogP contribution in [-0.2, 0) is 21.7 Å². The number of carbonyl (C=O) groups is 2. The van der Waals surface area contributed by atoms with Crippen LogP contribution in [0, 0.1) is 6.92 Å². The van der Waals surface area contributed by atoms with Crippen molar-refractivity contribution in [3.8, 4) is 0 Å². The number of ether oxygens (including phenoxy) is 1. The molecule has 0 radical (unpaired) electrons. The summed E-state index contributed by atoms with van der Waals surface area (Å²) in [5.41, 5.74) is 1.73. The summed E-state index contributed by atoms with van der Waals surface area (Å²) in [5, 5.41) is 4.21.